The highest BCUT2D eigenvalue weighted by atomic mass is 14.3. The van der Waals surface area contributed by atoms with Gasteiger partial charge in [0.25, 0.3) is 0 Å². The summed E-state index contributed by atoms with van der Waals surface area (Å²) in [5.74, 6) is 4.14. The van der Waals surface area contributed by atoms with Gasteiger partial charge in [-0.2, -0.15) is 0 Å². The summed E-state index contributed by atoms with van der Waals surface area (Å²) in [4.78, 5) is 0. The molecule has 0 aromatic carbocycles. The summed E-state index contributed by atoms with van der Waals surface area (Å²) in [5.41, 5.74) is 0. The molecule has 94 valence electrons. The Kier molecular flexibility index (Phi) is 4.73. The first-order valence-corrected chi connectivity index (χ1v) is 7.77. The maximum Gasteiger partial charge on any atom is -0.0386 e. The molecule has 0 aromatic rings. The third-order valence-corrected chi connectivity index (χ3v) is 5.43. The van der Waals surface area contributed by atoms with Crippen molar-refractivity contribution in [3.05, 3.63) is 0 Å². The number of rotatable bonds is 0. The molecule has 2 rings (SSSR count). The van der Waals surface area contributed by atoms with Crippen LogP contribution in [0.3, 0.4) is 0 Å². The number of fused-ring (bicyclic) bond motifs is 2. The van der Waals surface area contributed by atoms with Gasteiger partial charge in [0.1, 0.15) is 0 Å². The molecule has 4 unspecified atom stereocenters. The normalized spacial score (nSPS) is 42.4. The molecule has 0 nitrogen and oxygen atoms in total. The van der Waals surface area contributed by atoms with E-state index in [9.17, 15) is 0 Å². The van der Waals surface area contributed by atoms with Gasteiger partial charge >= 0.3 is 0 Å². The predicted octanol–water partition coefficient (Wildman–Crippen LogP) is 5.42. The van der Waals surface area contributed by atoms with Crippen molar-refractivity contribution in [1.29, 1.82) is 0 Å². The summed E-state index contributed by atoms with van der Waals surface area (Å²) >= 11 is 0. The third kappa shape index (κ3) is 3.25. The fourth-order valence-electron chi connectivity index (χ4n) is 4.06. The van der Waals surface area contributed by atoms with Gasteiger partial charge in [-0.3, -0.25) is 0 Å². The zero-order chi connectivity index (χ0) is 11.4. The summed E-state index contributed by atoms with van der Waals surface area (Å²) in [6.45, 7) is 5.05. The third-order valence-electron chi connectivity index (χ3n) is 5.43. The zero-order valence-corrected chi connectivity index (χ0v) is 11.4. The molecule has 0 radical (unpaired) electrons. The Morgan fingerprint density at radius 2 is 1.06 bits per heavy atom. The average molecular weight is 222 g/mol. The van der Waals surface area contributed by atoms with Crippen LogP contribution >= 0.6 is 0 Å². The topological polar surface area (TPSA) is 0 Å². The van der Waals surface area contributed by atoms with Crippen LogP contribution in [0.15, 0.2) is 0 Å². The van der Waals surface area contributed by atoms with Gasteiger partial charge in [-0.05, 0) is 30.1 Å². The first-order chi connectivity index (χ1) is 7.77. The van der Waals surface area contributed by atoms with Crippen molar-refractivity contribution < 1.29 is 0 Å². The van der Waals surface area contributed by atoms with E-state index >= 15 is 0 Å². The minimum Gasteiger partial charge on any atom is -0.0622 e. The zero-order valence-electron chi connectivity index (χ0n) is 11.4. The molecule has 16 heavy (non-hydrogen) atoms. The lowest BCUT2D eigenvalue weighted by Gasteiger charge is -2.34. The van der Waals surface area contributed by atoms with Gasteiger partial charge in [-0.25, -0.2) is 0 Å². The highest BCUT2D eigenvalue weighted by Crippen LogP contribution is 2.39. The smallest absolute Gasteiger partial charge is 0.0386 e. The molecular formula is C16H30. The Labute approximate surface area is 102 Å². The van der Waals surface area contributed by atoms with Crippen molar-refractivity contribution in [3.8, 4) is 0 Å². The predicted molar refractivity (Wildman–Crippen MR) is 71.5 cm³/mol. The lowest BCUT2D eigenvalue weighted by molar-refractivity contribution is 0.171. The van der Waals surface area contributed by atoms with Crippen molar-refractivity contribution >= 4 is 0 Å². The van der Waals surface area contributed by atoms with Crippen LogP contribution in [0.5, 0.6) is 0 Å². The Morgan fingerprint density at radius 3 is 1.56 bits per heavy atom. The lowest BCUT2D eigenvalue weighted by Crippen LogP contribution is -2.23. The van der Waals surface area contributed by atoms with E-state index in [0.717, 1.165) is 23.7 Å². The minimum absolute atomic E-state index is 1.01. The van der Waals surface area contributed by atoms with E-state index in [1.807, 2.05) is 0 Å². The molecule has 0 heteroatoms. The molecule has 2 saturated carbocycles. The Morgan fingerprint density at radius 1 is 0.562 bits per heavy atom. The quantitative estimate of drug-likeness (QED) is 0.513. The molecule has 2 fully saturated rings. The van der Waals surface area contributed by atoms with Crippen LogP contribution in [0, 0.1) is 23.7 Å². The summed E-state index contributed by atoms with van der Waals surface area (Å²) in [6.07, 6.45) is 15.1. The Balaban J connectivity index is 2.04. The van der Waals surface area contributed by atoms with Crippen molar-refractivity contribution in [2.45, 2.75) is 78.1 Å². The maximum atomic E-state index is 2.52. The van der Waals surface area contributed by atoms with E-state index in [1.54, 1.807) is 6.42 Å². The molecule has 0 aliphatic heterocycles. The molecule has 0 aromatic heterocycles. The molecular weight excluding hydrogens is 192 g/mol. The summed E-state index contributed by atoms with van der Waals surface area (Å²) in [6, 6.07) is 0. The van der Waals surface area contributed by atoms with Crippen molar-refractivity contribution in [2.75, 3.05) is 0 Å². The monoisotopic (exact) mass is 222 g/mol. The van der Waals surface area contributed by atoms with Crippen LogP contribution in [0.25, 0.3) is 0 Å². The molecule has 4 atom stereocenters. The molecule has 0 amide bonds. The van der Waals surface area contributed by atoms with Crippen molar-refractivity contribution in [1.82, 2.24) is 0 Å². The highest BCUT2D eigenvalue weighted by molar-refractivity contribution is 4.79. The van der Waals surface area contributed by atoms with E-state index in [-0.39, 0.29) is 0 Å². The van der Waals surface area contributed by atoms with Gasteiger partial charge in [-0.1, -0.05) is 71.6 Å². The molecule has 0 N–H and O–H groups in total. The minimum atomic E-state index is 1.01. The molecule has 0 spiro atoms. The van der Waals surface area contributed by atoms with Crippen LogP contribution in [-0.2, 0) is 0 Å². The van der Waals surface area contributed by atoms with Gasteiger partial charge < -0.3 is 0 Å². The molecule has 2 bridgehead atoms. The van der Waals surface area contributed by atoms with Crippen LogP contribution in [0.2, 0.25) is 0 Å². The Hall–Kier alpha value is 0. The van der Waals surface area contributed by atoms with Gasteiger partial charge in [0.05, 0.1) is 0 Å². The number of hydrogen-bond acceptors (Lipinski definition) is 0. The first kappa shape index (κ1) is 12.5. The highest BCUT2D eigenvalue weighted by Gasteiger charge is 2.28. The van der Waals surface area contributed by atoms with E-state index in [4.69, 9.17) is 0 Å². The summed E-state index contributed by atoms with van der Waals surface area (Å²) < 4.78 is 0. The van der Waals surface area contributed by atoms with E-state index in [2.05, 4.69) is 13.8 Å². The average Bonchev–Trinajstić information content (AvgIpc) is 2.39. The Bertz CT molecular complexity index is 176. The summed E-state index contributed by atoms with van der Waals surface area (Å²) in [7, 11) is 0. The molecule has 0 heterocycles. The molecule has 0 saturated heterocycles. The fourth-order valence-corrected chi connectivity index (χ4v) is 4.06. The molecule has 2 aliphatic carbocycles. The fraction of sp³-hybridized carbons (Fsp3) is 1.00. The number of hydrogen-bond donors (Lipinski definition) is 0. The second-order valence-electron chi connectivity index (χ2n) is 6.63. The first-order valence-electron chi connectivity index (χ1n) is 7.77. The SMILES string of the molecule is CC1CCCC(C)C2CCCCCCC1C2. The maximum absolute atomic E-state index is 2.52. The van der Waals surface area contributed by atoms with Gasteiger partial charge in [0, 0.05) is 0 Å². The largest absolute Gasteiger partial charge is 0.0622 e. The standard InChI is InChI=1S/C16H30/c1-13-8-7-9-14(2)16-11-6-4-3-5-10-15(13)12-16/h13-16H,3-12H2,1-2H3. The second-order valence-corrected chi connectivity index (χ2v) is 6.63. The van der Waals surface area contributed by atoms with Gasteiger partial charge in [-0.15, -0.1) is 0 Å². The van der Waals surface area contributed by atoms with Crippen LogP contribution in [0.1, 0.15) is 78.1 Å². The second kappa shape index (κ2) is 6.07. The molecule has 2 aliphatic rings. The lowest BCUT2D eigenvalue weighted by atomic mass is 9.72. The van der Waals surface area contributed by atoms with E-state index in [1.165, 1.54) is 57.8 Å². The van der Waals surface area contributed by atoms with Crippen LogP contribution in [0.4, 0.5) is 0 Å². The van der Waals surface area contributed by atoms with Crippen molar-refractivity contribution in [3.63, 3.8) is 0 Å². The van der Waals surface area contributed by atoms with Gasteiger partial charge in [0.2, 0.25) is 0 Å². The van der Waals surface area contributed by atoms with Crippen LogP contribution < -0.4 is 0 Å². The van der Waals surface area contributed by atoms with E-state index < -0.39 is 0 Å². The summed E-state index contributed by atoms with van der Waals surface area (Å²) in [5, 5.41) is 0. The van der Waals surface area contributed by atoms with E-state index in [0.29, 0.717) is 0 Å². The van der Waals surface area contributed by atoms with Gasteiger partial charge in [0.15, 0.2) is 0 Å². The van der Waals surface area contributed by atoms with Crippen molar-refractivity contribution in [2.24, 2.45) is 23.7 Å². The van der Waals surface area contributed by atoms with Crippen LogP contribution in [-0.4, -0.2) is 0 Å².